The van der Waals surface area contributed by atoms with Crippen molar-refractivity contribution >= 4 is 11.6 Å². The van der Waals surface area contributed by atoms with E-state index in [1.165, 1.54) is 0 Å². The number of hydrogen-bond donors (Lipinski definition) is 1. The largest absolute Gasteiger partial charge is 0.478 e. The summed E-state index contributed by atoms with van der Waals surface area (Å²) in [4.78, 5) is 15.1. The molecule has 0 amide bonds. The summed E-state index contributed by atoms with van der Waals surface area (Å²) in [6.07, 6.45) is 3.39. The molecule has 1 aliphatic rings. The lowest BCUT2D eigenvalue weighted by atomic mass is 10.3. The van der Waals surface area contributed by atoms with Gasteiger partial charge in [0.1, 0.15) is 18.0 Å². The summed E-state index contributed by atoms with van der Waals surface area (Å²) >= 11 is 0. The Bertz CT molecular complexity index is 614. The summed E-state index contributed by atoms with van der Waals surface area (Å²) in [5.74, 6) is 2.37. The Balaban J connectivity index is 1.59. The first-order valence-electron chi connectivity index (χ1n) is 7.81. The van der Waals surface area contributed by atoms with Crippen LogP contribution in [0.15, 0.2) is 30.7 Å². The van der Waals surface area contributed by atoms with Crippen molar-refractivity contribution in [3.05, 3.63) is 36.3 Å². The average Bonchev–Trinajstić information content (AvgIpc) is 2.62. The van der Waals surface area contributed by atoms with Crippen LogP contribution in [-0.2, 0) is 11.3 Å². The first-order chi connectivity index (χ1) is 11.3. The Morgan fingerprint density at radius 2 is 2.09 bits per heavy atom. The normalized spacial score (nSPS) is 14.6. The molecule has 2 aromatic heterocycles. The van der Waals surface area contributed by atoms with Gasteiger partial charge in [0.25, 0.3) is 0 Å². The molecule has 2 aromatic rings. The van der Waals surface area contributed by atoms with Crippen molar-refractivity contribution in [1.29, 1.82) is 0 Å². The van der Waals surface area contributed by atoms with Gasteiger partial charge in [-0.15, -0.1) is 0 Å². The van der Waals surface area contributed by atoms with E-state index < -0.39 is 0 Å². The zero-order valence-corrected chi connectivity index (χ0v) is 13.2. The number of nitrogens with one attached hydrogen (secondary N) is 1. The van der Waals surface area contributed by atoms with Crippen LogP contribution in [0.25, 0.3) is 0 Å². The molecule has 0 aromatic carbocycles. The molecule has 7 heteroatoms. The summed E-state index contributed by atoms with van der Waals surface area (Å²) in [6, 6.07) is 5.84. The fourth-order valence-electron chi connectivity index (χ4n) is 2.35. The summed E-state index contributed by atoms with van der Waals surface area (Å²) in [7, 11) is 0. The number of hydrogen-bond acceptors (Lipinski definition) is 7. The van der Waals surface area contributed by atoms with Crippen LogP contribution in [0.5, 0.6) is 5.88 Å². The van der Waals surface area contributed by atoms with Crippen LogP contribution in [0.3, 0.4) is 0 Å². The van der Waals surface area contributed by atoms with Crippen LogP contribution in [0.4, 0.5) is 11.6 Å². The van der Waals surface area contributed by atoms with Gasteiger partial charge in [0, 0.05) is 38.0 Å². The van der Waals surface area contributed by atoms with E-state index in [9.17, 15) is 0 Å². The number of ether oxygens (including phenoxy) is 2. The quantitative estimate of drug-likeness (QED) is 0.870. The molecule has 7 nitrogen and oxygen atoms in total. The predicted molar refractivity (Wildman–Crippen MR) is 87.8 cm³/mol. The Labute approximate surface area is 135 Å². The molecule has 0 saturated carbocycles. The monoisotopic (exact) mass is 315 g/mol. The van der Waals surface area contributed by atoms with Crippen LogP contribution in [0, 0.1) is 0 Å². The van der Waals surface area contributed by atoms with Crippen molar-refractivity contribution in [2.24, 2.45) is 0 Å². The van der Waals surface area contributed by atoms with Gasteiger partial charge in [0.2, 0.25) is 5.88 Å². The summed E-state index contributed by atoms with van der Waals surface area (Å²) in [5, 5.41) is 3.30. The second-order valence-corrected chi connectivity index (χ2v) is 5.15. The Morgan fingerprint density at radius 1 is 1.22 bits per heavy atom. The van der Waals surface area contributed by atoms with Gasteiger partial charge in [-0.05, 0) is 12.5 Å². The second-order valence-electron chi connectivity index (χ2n) is 5.15. The third kappa shape index (κ3) is 4.29. The van der Waals surface area contributed by atoms with Gasteiger partial charge in [0.15, 0.2) is 0 Å². The molecule has 0 radical (unpaired) electrons. The Morgan fingerprint density at radius 3 is 2.83 bits per heavy atom. The molecule has 122 valence electrons. The number of pyridine rings is 1. The molecule has 0 unspecified atom stereocenters. The van der Waals surface area contributed by atoms with Crippen molar-refractivity contribution in [3.63, 3.8) is 0 Å². The first-order valence-corrected chi connectivity index (χ1v) is 7.81. The van der Waals surface area contributed by atoms with Gasteiger partial charge in [-0.3, -0.25) is 0 Å². The van der Waals surface area contributed by atoms with Crippen molar-refractivity contribution in [3.8, 4) is 5.88 Å². The molecule has 3 rings (SSSR count). The van der Waals surface area contributed by atoms with Crippen LogP contribution >= 0.6 is 0 Å². The van der Waals surface area contributed by atoms with E-state index in [0.717, 1.165) is 43.5 Å². The van der Waals surface area contributed by atoms with E-state index in [0.29, 0.717) is 19.0 Å². The second kappa shape index (κ2) is 7.73. The van der Waals surface area contributed by atoms with Crippen molar-refractivity contribution in [2.45, 2.75) is 13.5 Å². The standard InChI is InChI=1S/C16H21N5O2/c1-2-23-16-4-3-13(11-18-16)10-17-14-9-15(20-12-19-14)21-5-7-22-8-6-21/h3-4,9,11-12H,2,5-8,10H2,1H3,(H,17,19,20). The van der Waals surface area contributed by atoms with Crippen LogP contribution in [0.2, 0.25) is 0 Å². The molecule has 0 bridgehead atoms. The third-order valence-electron chi connectivity index (χ3n) is 3.55. The number of aromatic nitrogens is 3. The van der Waals surface area contributed by atoms with Gasteiger partial charge in [0.05, 0.1) is 19.8 Å². The molecule has 1 N–H and O–H groups in total. The molecule has 1 aliphatic heterocycles. The molecular weight excluding hydrogens is 294 g/mol. The van der Waals surface area contributed by atoms with E-state index in [4.69, 9.17) is 9.47 Å². The smallest absolute Gasteiger partial charge is 0.213 e. The molecule has 3 heterocycles. The van der Waals surface area contributed by atoms with Gasteiger partial charge in [-0.2, -0.15) is 0 Å². The molecule has 23 heavy (non-hydrogen) atoms. The van der Waals surface area contributed by atoms with E-state index in [1.54, 1.807) is 6.33 Å². The van der Waals surface area contributed by atoms with Gasteiger partial charge in [-0.25, -0.2) is 15.0 Å². The molecule has 0 atom stereocenters. The third-order valence-corrected chi connectivity index (χ3v) is 3.55. The Hall–Kier alpha value is -2.41. The lowest BCUT2D eigenvalue weighted by Crippen LogP contribution is -2.36. The molecular formula is C16H21N5O2. The SMILES string of the molecule is CCOc1ccc(CNc2cc(N3CCOCC3)ncn2)cn1. The van der Waals surface area contributed by atoms with Crippen LogP contribution in [0.1, 0.15) is 12.5 Å². The zero-order chi connectivity index (χ0) is 15.9. The maximum absolute atomic E-state index is 5.37. The Kier molecular flexibility index (Phi) is 5.21. The van der Waals surface area contributed by atoms with E-state index >= 15 is 0 Å². The average molecular weight is 315 g/mol. The zero-order valence-electron chi connectivity index (χ0n) is 13.2. The van der Waals surface area contributed by atoms with Crippen LogP contribution in [-0.4, -0.2) is 47.9 Å². The number of nitrogens with zero attached hydrogens (tertiary/aromatic N) is 4. The van der Waals surface area contributed by atoms with Gasteiger partial charge >= 0.3 is 0 Å². The molecule has 1 saturated heterocycles. The highest BCUT2D eigenvalue weighted by atomic mass is 16.5. The maximum atomic E-state index is 5.37. The number of anilines is 2. The molecule has 1 fully saturated rings. The van der Waals surface area contributed by atoms with E-state index in [-0.39, 0.29) is 0 Å². The highest BCUT2D eigenvalue weighted by Crippen LogP contribution is 2.16. The predicted octanol–water partition coefficient (Wildman–Crippen LogP) is 1.72. The fourth-order valence-corrected chi connectivity index (χ4v) is 2.35. The number of morpholine rings is 1. The maximum Gasteiger partial charge on any atom is 0.213 e. The van der Waals surface area contributed by atoms with E-state index in [1.807, 2.05) is 31.3 Å². The fraction of sp³-hybridized carbons (Fsp3) is 0.438. The summed E-state index contributed by atoms with van der Waals surface area (Å²) in [6.45, 7) is 6.42. The lowest BCUT2D eigenvalue weighted by molar-refractivity contribution is 0.122. The molecule has 0 spiro atoms. The minimum Gasteiger partial charge on any atom is -0.478 e. The summed E-state index contributed by atoms with van der Waals surface area (Å²) in [5.41, 5.74) is 1.07. The van der Waals surface area contributed by atoms with E-state index in [2.05, 4.69) is 25.2 Å². The van der Waals surface area contributed by atoms with Gasteiger partial charge in [-0.1, -0.05) is 6.07 Å². The van der Waals surface area contributed by atoms with Crippen molar-refractivity contribution < 1.29 is 9.47 Å². The number of rotatable bonds is 6. The highest BCUT2D eigenvalue weighted by molar-refractivity contribution is 5.48. The lowest BCUT2D eigenvalue weighted by Gasteiger charge is -2.27. The van der Waals surface area contributed by atoms with Crippen LogP contribution < -0.4 is 15.0 Å². The highest BCUT2D eigenvalue weighted by Gasteiger charge is 2.12. The summed E-state index contributed by atoms with van der Waals surface area (Å²) < 4.78 is 10.7. The first kappa shape index (κ1) is 15.5. The topological polar surface area (TPSA) is 72.4 Å². The molecule has 0 aliphatic carbocycles. The minimum absolute atomic E-state index is 0.621. The van der Waals surface area contributed by atoms with Crippen molar-refractivity contribution in [1.82, 2.24) is 15.0 Å². The van der Waals surface area contributed by atoms with Crippen molar-refractivity contribution in [2.75, 3.05) is 43.1 Å². The minimum atomic E-state index is 0.621. The van der Waals surface area contributed by atoms with Gasteiger partial charge < -0.3 is 19.7 Å².